The van der Waals surface area contributed by atoms with Crippen molar-refractivity contribution in [1.29, 1.82) is 0 Å². The van der Waals surface area contributed by atoms with E-state index in [0.717, 1.165) is 50.4 Å². The van der Waals surface area contributed by atoms with E-state index in [2.05, 4.69) is 41.7 Å². The number of nitrogens with one attached hydrogen (secondary N) is 3. The summed E-state index contributed by atoms with van der Waals surface area (Å²) < 4.78 is 0. The number of carbonyl (C=O) groups is 1. The summed E-state index contributed by atoms with van der Waals surface area (Å²) in [5, 5.41) is 9.31. The fraction of sp³-hybridized carbons (Fsp3) is 0.579. The van der Waals surface area contributed by atoms with E-state index in [1.54, 1.807) is 7.05 Å². The van der Waals surface area contributed by atoms with Crippen LogP contribution < -0.4 is 16.0 Å². The van der Waals surface area contributed by atoms with Crippen LogP contribution in [0.25, 0.3) is 0 Å². The lowest BCUT2D eigenvalue weighted by Crippen LogP contribution is -2.38. The van der Waals surface area contributed by atoms with Crippen LogP contribution in [-0.2, 0) is 6.42 Å². The van der Waals surface area contributed by atoms with Crippen molar-refractivity contribution in [3.63, 3.8) is 0 Å². The van der Waals surface area contributed by atoms with Crippen LogP contribution in [0.3, 0.4) is 0 Å². The minimum Gasteiger partial charge on any atom is -0.357 e. The zero-order valence-electron chi connectivity index (χ0n) is 15.5. The van der Waals surface area contributed by atoms with Gasteiger partial charge >= 0.3 is 0 Å². The smallest absolute Gasteiger partial charge is 0.251 e. The average molecular weight is 332 g/mol. The van der Waals surface area contributed by atoms with Gasteiger partial charge in [0.1, 0.15) is 0 Å². The Morgan fingerprint density at radius 3 is 2.54 bits per heavy atom. The van der Waals surface area contributed by atoms with Gasteiger partial charge in [-0.2, -0.15) is 0 Å². The molecule has 0 unspecified atom stereocenters. The molecule has 0 spiro atoms. The quantitative estimate of drug-likeness (QED) is 0.481. The summed E-state index contributed by atoms with van der Waals surface area (Å²) in [6, 6.07) is 7.74. The molecule has 0 bridgehead atoms. The molecular formula is C19H32N4O. The Bertz CT molecular complexity index is 524. The Labute approximate surface area is 146 Å². The van der Waals surface area contributed by atoms with Crippen LogP contribution in [0.15, 0.2) is 29.3 Å². The normalized spacial score (nSPS) is 11.5. The molecule has 5 heteroatoms. The van der Waals surface area contributed by atoms with E-state index in [0.29, 0.717) is 11.5 Å². The van der Waals surface area contributed by atoms with Crippen LogP contribution >= 0.6 is 0 Å². The van der Waals surface area contributed by atoms with Crippen LogP contribution in [0.5, 0.6) is 0 Å². The van der Waals surface area contributed by atoms with E-state index in [-0.39, 0.29) is 5.91 Å². The Morgan fingerprint density at radius 1 is 1.17 bits per heavy atom. The summed E-state index contributed by atoms with van der Waals surface area (Å²) in [5.41, 5.74) is 1.84. The molecule has 0 radical (unpaired) electrons. The fourth-order valence-electron chi connectivity index (χ4n) is 2.45. The van der Waals surface area contributed by atoms with Crippen LogP contribution in [0.2, 0.25) is 0 Å². The maximum absolute atomic E-state index is 11.7. The molecule has 0 aliphatic rings. The molecule has 0 atom stereocenters. The van der Waals surface area contributed by atoms with Gasteiger partial charge in [-0.05, 0) is 37.0 Å². The van der Waals surface area contributed by atoms with Gasteiger partial charge in [-0.25, -0.2) is 0 Å². The molecule has 3 N–H and O–H groups in total. The summed E-state index contributed by atoms with van der Waals surface area (Å²) in [6.45, 7) is 8.98. The summed E-state index contributed by atoms with van der Waals surface area (Å²) in [4.78, 5) is 16.4. The van der Waals surface area contributed by atoms with Crippen LogP contribution in [-0.4, -0.2) is 38.5 Å². The molecule has 5 nitrogen and oxygen atoms in total. The number of guanidine groups is 1. The number of rotatable bonds is 9. The largest absolute Gasteiger partial charge is 0.357 e. The molecule has 1 amide bonds. The van der Waals surface area contributed by atoms with Gasteiger partial charge in [-0.1, -0.05) is 38.8 Å². The van der Waals surface area contributed by atoms with Gasteiger partial charge in [-0.15, -0.1) is 0 Å². The van der Waals surface area contributed by atoms with Gasteiger partial charge in [0.25, 0.3) is 5.91 Å². The molecule has 1 aromatic carbocycles. The molecule has 0 aromatic heterocycles. The minimum absolute atomic E-state index is 0.0510. The highest BCUT2D eigenvalue weighted by atomic mass is 16.1. The lowest BCUT2D eigenvalue weighted by Gasteiger charge is -2.14. The van der Waals surface area contributed by atoms with Crippen molar-refractivity contribution in [1.82, 2.24) is 16.0 Å². The van der Waals surface area contributed by atoms with Gasteiger partial charge in [0.05, 0.1) is 0 Å². The maximum atomic E-state index is 11.7. The van der Waals surface area contributed by atoms with Gasteiger partial charge < -0.3 is 16.0 Å². The first-order chi connectivity index (χ1) is 11.6. The van der Waals surface area contributed by atoms with Crippen molar-refractivity contribution in [3.05, 3.63) is 35.4 Å². The second kappa shape index (κ2) is 11.5. The molecular weight excluding hydrogens is 300 g/mol. The summed E-state index contributed by atoms with van der Waals surface area (Å²) in [5.74, 6) is 1.46. The van der Waals surface area contributed by atoms with Crippen LogP contribution in [0, 0.1) is 5.92 Å². The maximum Gasteiger partial charge on any atom is 0.251 e. The molecule has 1 rings (SSSR count). The third-order valence-corrected chi connectivity index (χ3v) is 4.13. The van der Waals surface area contributed by atoms with Crippen molar-refractivity contribution in [2.75, 3.05) is 26.7 Å². The Kier molecular flexibility index (Phi) is 9.58. The van der Waals surface area contributed by atoms with Gasteiger partial charge in [0, 0.05) is 32.2 Å². The zero-order chi connectivity index (χ0) is 17.8. The standard InChI is InChI=1S/C19H32N4O/c1-5-15(6-2)14-23-19(21-7-3)22-12-11-16-9-8-10-17(13-16)18(24)20-4/h8-10,13,15H,5-7,11-12,14H2,1-4H3,(H,20,24)(H2,21,22,23). The van der Waals surface area contributed by atoms with Gasteiger partial charge in [0.2, 0.25) is 0 Å². The first kappa shape index (κ1) is 20.0. The predicted molar refractivity (Wildman–Crippen MR) is 102 cm³/mol. The molecule has 0 aliphatic carbocycles. The number of hydrogen-bond donors (Lipinski definition) is 3. The van der Waals surface area contributed by atoms with E-state index in [9.17, 15) is 4.79 Å². The number of hydrogen-bond acceptors (Lipinski definition) is 2. The van der Waals surface area contributed by atoms with Gasteiger partial charge in [0.15, 0.2) is 5.96 Å². The monoisotopic (exact) mass is 332 g/mol. The highest BCUT2D eigenvalue weighted by Gasteiger charge is 2.05. The number of nitrogens with zero attached hydrogens (tertiary/aromatic N) is 1. The topological polar surface area (TPSA) is 65.5 Å². The van der Waals surface area contributed by atoms with Crippen LogP contribution in [0.1, 0.15) is 49.5 Å². The first-order valence-electron chi connectivity index (χ1n) is 8.97. The third-order valence-electron chi connectivity index (χ3n) is 4.13. The Balaban J connectivity index is 2.56. The van der Waals surface area contributed by atoms with E-state index in [1.807, 2.05) is 24.3 Å². The van der Waals surface area contributed by atoms with Crippen molar-refractivity contribution < 1.29 is 4.79 Å². The molecule has 0 fully saturated rings. The van der Waals surface area contributed by atoms with E-state index in [4.69, 9.17) is 0 Å². The SMILES string of the molecule is CCNC(=NCC(CC)CC)NCCc1cccc(C(=O)NC)c1. The van der Waals surface area contributed by atoms with Crippen molar-refractivity contribution in [2.45, 2.75) is 40.0 Å². The number of aliphatic imine (C=N–C) groups is 1. The second-order valence-electron chi connectivity index (χ2n) is 5.86. The Morgan fingerprint density at radius 2 is 1.92 bits per heavy atom. The van der Waals surface area contributed by atoms with Crippen molar-refractivity contribution in [3.8, 4) is 0 Å². The molecule has 0 saturated heterocycles. The molecule has 134 valence electrons. The summed E-state index contributed by atoms with van der Waals surface area (Å²) in [6.07, 6.45) is 3.16. The molecule has 0 aliphatic heterocycles. The summed E-state index contributed by atoms with van der Waals surface area (Å²) >= 11 is 0. The molecule has 0 heterocycles. The molecule has 0 saturated carbocycles. The highest BCUT2D eigenvalue weighted by Crippen LogP contribution is 2.07. The zero-order valence-corrected chi connectivity index (χ0v) is 15.5. The predicted octanol–water partition coefficient (Wildman–Crippen LogP) is 2.58. The molecule has 1 aromatic rings. The molecule has 24 heavy (non-hydrogen) atoms. The average Bonchev–Trinajstić information content (AvgIpc) is 2.62. The minimum atomic E-state index is -0.0510. The van der Waals surface area contributed by atoms with Crippen molar-refractivity contribution in [2.24, 2.45) is 10.9 Å². The second-order valence-corrected chi connectivity index (χ2v) is 5.86. The van der Waals surface area contributed by atoms with Gasteiger partial charge in [-0.3, -0.25) is 9.79 Å². The number of carbonyl (C=O) groups excluding carboxylic acids is 1. The summed E-state index contributed by atoms with van der Waals surface area (Å²) in [7, 11) is 1.65. The van der Waals surface area contributed by atoms with E-state index < -0.39 is 0 Å². The Hall–Kier alpha value is -2.04. The lowest BCUT2D eigenvalue weighted by atomic mass is 10.0. The lowest BCUT2D eigenvalue weighted by molar-refractivity contribution is 0.0963. The third kappa shape index (κ3) is 7.02. The van der Waals surface area contributed by atoms with E-state index >= 15 is 0 Å². The fourth-order valence-corrected chi connectivity index (χ4v) is 2.45. The number of amides is 1. The van der Waals surface area contributed by atoms with Crippen LogP contribution in [0.4, 0.5) is 0 Å². The first-order valence-corrected chi connectivity index (χ1v) is 8.97. The number of benzene rings is 1. The van der Waals surface area contributed by atoms with E-state index in [1.165, 1.54) is 0 Å². The van der Waals surface area contributed by atoms with Crippen molar-refractivity contribution >= 4 is 11.9 Å². The highest BCUT2D eigenvalue weighted by molar-refractivity contribution is 5.94.